The lowest BCUT2D eigenvalue weighted by atomic mass is 10.3. The van der Waals surface area contributed by atoms with Gasteiger partial charge < -0.3 is 15.0 Å². The minimum atomic E-state index is 0.512. The largest absolute Gasteiger partial charge is 0.475 e. The van der Waals surface area contributed by atoms with Crippen molar-refractivity contribution in [2.24, 2.45) is 0 Å². The summed E-state index contributed by atoms with van der Waals surface area (Å²) in [5, 5.41) is 3.88. The minimum absolute atomic E-state index is 0.512. The molecule has 0 bridgehead atoms. The van der Waals surface area contributed by atoms with Crippen molar-refractivity contribution in [1.82, 2.24) is 15.2 Å². The number of hydrogen-bond donors (Lipinski definition) is 1. The molecule has 0 aliphatic rings. The topological polar surface area (TPSA) is 37.4 Å². The standard InChI is InChI=1S/C13H22ClN3O/c1-4-5-15-9-11-8-12(14)13(16-10-11)18-7-6-17(2)3/h8,10,15H,4-7,9H2,1-3H3. The van der Waals surface area contributed by atoms with Gasteiger partial charge in [0.1, 0.15) is 11.6 Å². The zero-order valence-corrected chi connectivity index (χ0v) is 12.1. The van der Waals surface area contributed by atoms with E-state index < -0.39 is 0 Å². The van der Waals surface area contributed by atoms with Gasteiger partial charge in [0, 0.05) is 19.3 Å². The number of ether oxygens (including phenoxy) is 1. The summed E-state index contributed by atoms with van der Waals surface area (Å²) in [4.78, 5) is 6.29. The number of likely N-dealkylation sites (N-methyl/N-ethyl adjacent to an activating group) is 1. The van der Waals surface area contributed by atoms with Crippen LogP contribution in [0.2, 0.25) is 5.02 Å². The number of hydrogen-bond acceptors (Lipinski definition) is 4. The molecule has 0 fully saturated rings. The Kier molecular flexibility index (Phi) is 7.01. The summed E-state index contributed by atoms with van der Waals surface area (Å²) in [7, 11) is 4.00. The van der Waals surface area contributed by atoms with Crippen LogP contribution in [-0.2, 0) is 6.54 Å². The lowest BCUT2D eigenvalue weighted by Crippen LogP contribution is -2.20. The van der Waals surface area contributed by atoms with E-state index in [0.717, 1.165) is 31.6 Å². The second kappa shape index (κ2) is 8.29. The first kappa shape index (κ1) is 15.2. The van der Waals surface area contributed by atoms with Gasteiger partial charge in [-0.25, -0.2) is 4.98 Å². The lowest BCUT2D eigenvalue weighted by Gasteiger charge is -2.12. The molecule has 1 rings (SSSR count). The fourth-order valence-corrected chi connectivity index (χ4v) is 1.65. The van der Waals surface area contributed by atoms with Crippen molar-refractivity contribution in [3.63, 3.8) is 0 Å². The molecule has 0 spiro atoms. The Labute approximate surface area is 114 Å². The summed E-state index contributed by atoms with van der Waals surface area (Å²) in [6.07, 6.45) is 2.92. The van der Waals surface area contributed by atoms with Crippen LogP contribution in [0.4, 0.5) is 0 Å². The molecule has 18 heavy (non-hydrogen) atoms. The van der Waals surface area contributed by atoms with Crippen LogP contribution in [0.3, 0.4) is 0 Å². The van der Waals surface area contributed by atoms with Crippen molar-refractivity contribution in [3.8, 4) is 5.88 Å². The van der Waals surface area contributed by atoms with Gasteiger partial charge in [-0.3, -0.25) is 0 Å². The fraction of sp³-hybridized carbons (Fsp3) is 0.615. The molecule has 0 saturated carbocycles. The minimum Gasteiger partial charge on any atom is -0.475 e. The lowest BCUT2D eigenvalue weighted by molar-refractivity contribution is 0.254. The molecule has 0 saturated heterocycles. The van der Waals surface area contributed by atoms with Gasteiger partial charge in [-0.1, -0.05) is 18.5 Å². The Bertz CT molecular complexity index is 358. The van der Waals surface area contributed by atoms with Crippen molar-refractivity contribution in [2.45, 2.75) is 19.9 Å². The van der Waals surface area contributed by atoms with E-state index in [9.17, 15) is 0 Å². The highest BCUT2D eigenvalue weighted by Crippen LogP contribution is 2.22. The molecule has 0 atom stereocenters. The molecular weight excluding hydrogens is 250 g/mol. The van der Waals surface area contributed by atoms with E-state index in [0.29, 0.717) is 17.5 Å². The summed E-state index contributed by atoms with van der Waals surface area (Å²) in [5.41, 5.74) is 1.08. The van der Waals surface area contributed by atoms with Gasteiger partial charge in [-0.15, -0.1) is 0 Å². The number of nitrogens with zero attached hydrogens (tertiary/aromatic N) is 2. The van der Waals surface area contributed by atoms with Gasteiger partial charge in [0.25, 0.3) is 0 Å². The molecule has 0 radical (unpaired) electrons. The van der Waals surface area contributed by atoms with Crippen molar-refractivity contribution in [1.29, 1.82) is 0 Å². The smallest absolute Gasteiger partial charge is 0.232 e. The molecule has 4 nitrogen and oxygen atoms in total. The van der Waals surface area contributed by atoms with E-state index in [1.54, 1.807) is 6.20 Å². The first-order chi connectivity index (χ1) is 8.63. The number of nitrogens with one attached hydrogen (secondary N) is 1. The Morgan fingerprint density at radius 1 is 1.44 bits per heavy atom. The van der Waals surface area contributed by atoms with Gasteiger partial charge in [-0.05, 0) is 38.7 Å². The van der Waals surface area contributed by atoms with Gasteiger partial charge in [0.15, 0.2) is 0 Å². The SMILES string of the molecule is CCCNCc1cnc(OCCN(C)C)c(Cl)c1. The zero-order valence-electron chi connectivity index (χ0n) is 11.4. The van der Waals surface area contributed by atoms with Crippen molar-refractivity contribution in [2.75, 3.05) is 33.8 Å². The Balaban J connectivity index is 2.46. The molecule has 0 unspecified atom stereocenters. The van der Waals surface area contributed by atoms with Crippen LogP contribution in [0.5, 0.6) is 5.88 Å². The van der Waals surface area contributed by atoms with Crippen molar-refractivity contribution < 1.29 is 4.74 Å². The zero-order chi connectivity index (χ0) is 13.4. The predicted molar refractivity (Wildman–Crippen MR) is 75.3 cm³/mol. The highest BCUT2D eigenvalue weighted by atomic mass is 35.5. The number of aromatic nitrogens is 1. The van der Waals surface area contributed by atoms with E-state index >= 15 is 0 Å². The molecule has 1 aromatic rings. The summed E-state index contributed by atoms with van der Waals surface area (Å²) in [6.45, 7) is 5.36. The van der Waals surface area contributed by atoms with E-state index in [-0.39, 0.29) is 0 Å². The van der Waals surface area contributed by atoms with Gasteiger partial charge in [-0.2, -0.15) is 0 Å². The Morgan fingerprint density at radius 3 is 2.83 bits per heavy atom. The van der Waals surface area contributed by atoms with E-state index in [4.69, 9.17) is 16.3 Å². The molecule has 0 amide bonds. The Morgan fingerprint density at radius 2 is 2.22 bits per heavy atom. The average molecular weight is 272 g/mol. The second-order valence-corrected chi connectivity index (χ2v) is 4.87. The van der Waals surface area contributed by atoms with Gasteiger partial charge >= 0.3 is 0 Å². The average Bonchev–Trinajstić information content (AvgIpc) is 2.32. The van der Waals surface area contributed by atoms with Crippen LogP contribution in [0.15, 0.2) is 12.3 Å². The summed E-state index contributed by atoms with van der Waals surface area (Å²) in [6, 6.07) is 1.90. The molecule has 0 aliphatic carbocycles. The van der Waals surface area contributed by atoms with Crippen LogP contribution in [0.1, 0.15) is 18.9 Å². The molecule has 1 N–H and O–H groups in total. The maximum Gasteiger partial charge on any atom is 0.232 e. The molecule has 0 aromatic carbocycles. The molecule has 102 valence electrons. The Hall–Kier alpha value is -0.840. The maximum absolute atomic E-state index is 6.13. The van der Waals surface area contributed by atoms with E-state index in [1.807, 2.05) is 20.2 Å². The van der Waals surface area contributed by atoms with Crippen LogP contribution in [-0.4, -0.2) is 43.7 Å². The normalized spacial score (nSPS) is 10.9. The first-order valence-corrected chi connectivity index (χ1v) is 6.64. The second-order valence-electron chi connectivity index (χ2n) is 4.46. The number of halogens is 1. The molecule has 0 aliphatic heterocycles. The quantitative estimate of drug-likeness (QED) is 0.736. The monoisotopic (exact) mass is 271 g/mol. The number of rotatable bonds is 8. The fourth-order valence-electron chi connectivity index (χ4n) is 1.40. The molecule has 1 aromatic heterocycles. The highest BCUT2D eigenvalue weighted by molar-refractivity contribution is 6.31. The third-order valence-corrected chi connectivity index (χ3v) is 2.67. The molecule has 1 heterocycles. The molecular formula is C13H22ClN3O. The first-order valence-electron chi connectivity index (χ1n) is 6.26. The summed E-state index contributed by atoms with van der Waals surface area (Å²) < 4.78 is 5.52. The predicted octanol–water partition coefficient (Wildman–Crippen LogP) is 2.18. The third kappa shape index (κ3) is 5.67. The van der Waals surface area contributed by atoms with Crippen LogP contribution < -0.4 is 10.1 Å². The van der Waals surface area contributed by atoms with Crippen LogP contribution in [0, 0.1) is 0 Å². The summed E-state index contributed by atoms with van der Waals surface area (Å²) >= 11 is 6.13. The van der Waals surface area contributed by atoms with Crippen molar-refractivity contribution in [3.05, 3.63) is 22.8 Å². The highest BCUT2D eigenvalue weighted by Gasteiger charge is 2.05. The van der Waals surface area contributed by atoms with Gasteiger partial charge in [0.2, 0.25) is 5.88 Å². The van der Waals surface area contributed by atoms with E-state index in [2.05, 4.69) is 22.1 Å². The van der Waals surface area contributed by atoms with E-state index in [1.165, 1.54) is 0 Å². The summed E-state index contributed by atoms with van der Waals surface area (Å²) in [5.74, 6) is 0.512. The number of pyridine rings is 1. The van der Waals surface area contributed by atoms with Crippen LogP contribution >= 0.6 is 11.6 Å². The maximum atomic E-state index is 6.13. The van der Waals surface area contributed by atoms with Crippen LogP contribution in [0.25, 0.3) is 0 Å². The van der Waals surface area contributed by atoms with Gasteiger partial charge in [0.05, 0.1) is 0 Å². The molecule has 5 heteroatoms. The third-order valence-electron chi connectivity index (χ3n) is 2.40. The van der Waals surface area contributed by atoms with Crippen molar-refractivity contribution >= 4 is 11.6 Å².